The standard InChI is InChI=1S/C11H10F3NO5/c12-11(13,14)7-3-4-9(8(6-7)15(18)19)20-5-1-2-10(16)17/h3-4,6H,1-2,5H2,(H,16,17). The summed E-state index contributed by atoms with van der Waals surface area (Å²) in [5, 5.41) is 19.1. The number of hydrogen-bond acceptors (Lipinski definition) is 4. The molecule has 0 bridgehead atoms. The van der Waals surface area contributed by atoms with E-state index in [1.807, 2.05) is 0 Å². The minimum absolute atomic E-state index is 0.0908. The third-order valence-electron chi connectivity index (χ3n) is 2.28. The Bertz CT molecular complexity index is 515. The largest absolute Gasteiger partial charge is 0.487 e. The van der Waals surface area contributed by atoms with Crippen LogP contribution in [0.5, 0.6) is 5.75 Å². The lowest BCUT2D eigenvalue weighted by Gasteiger charge is -2.09. The molecule has 0 fully saturated rings. The topological polar surface area (TPSA) is 89.7 Å². The number of halogens is 3. The van der Waals surface area contributed by atoms with Crippen molar-refractivity contribution in [2.75, 3.05) is 6.61 Å². The first kappa shape index (κ1) is 15.7. The van der Waals surface area contributed by atoms with Gasteiger partial charge < -0.3 is 9.84 Å². The predicted molar refractivity (Wildman–Crippen MR) is 60.5 cm³/mol. The fraction of sp³-hybridized carbons (Fsp3) is 0.364. The SMILES string of the molecule is O=C(O)CCCOc1ccc(C(F)(F)F)cc1[N+](=O)[O-]. The fourth-order valence-electron chi connectivity index (χ4n) is 1.36. The fourth-order valence-corrected chi connectivity index (χ4v) is 1.36. The van der Waals surface area contributed by atoms with E-state index in [-0.39, 0.29) is 25.2 Å². The van der Waals surface area contributed by atoms with Crippen molar-refractivity contribution in [1.29, 1.82) is 0 Å². The summed E-state index contributed by atoms with van der Waals surface area (Å²) in [7, 11) is 0. The molecule has 110 valence electrons. The number of carbonyl (C=O) groups is 1. The second-order valence-corrected chi connectivity index (χ2v) is 3.78. The van der Waals surface area contributed by atoms with Gasteiger partial charge in [-0.2, -0.15) is 13.2 Å². The number of aliphatic carboxylic acids is 1. The van der Waals surface area contributed by atoms with E-state index >= 15 is 0 Å². The number of carboxylic acid groups (broad SMARTS) is 1. The smallest absolute Gasteiger partial charge is 0.416 e. The molecule has 0 aliphatic carbocycles. The van der Waals surface area contributed by atoms with Crippen LogP contribution in [0.25, 0.3) is 0 Å². The van der Waals surface area contributed by atoms with Crippen molar-refractivity contribution in [3.8, 4) is 5.75 Å². The summed E-state index contributed by atoms with van der Waals surface area (Å²) in [6.45, 7) is -0.140. The zero-order valence-electron chi connectivity index (χ0n) is 10.0. The number of carboxylic acids is 1. The highest BCUT2D eigenvalue weighted by Crippen LogP contribution is 2.36. The second-order valence-electron chi connectivity index (χ2n) is 3.78. The molecule has 1 rings (SSSR count). The van der Waals surface area contributed by atoms with Gasteiger partial charge in [-0.1, -0.05) is 0 Å². The Labute approximate surface area is 110 Å². The van der Waals surface area contributed by atoms with E-state index in [2.05, 4.69) is 0 Å². The van der Waals surface area contributed by atoms with Crippen LogP contribution in [-0.4, -0.2) is 22.6 Å². The molecule has 0 atom stereocenters. The number of nitrogens with zero attached hydrogens (tertiary/aromatic N) is 1. The number of benzene rings is 1. The quantitative estimate of drug-likeness (QED) is 0.495. The van der Waals surface area contributed by atoms with E-state index in [1.54, 1.807) is 0 Å². The molecular weight excluding hydrogens is 283 g/mol. The molecule has 0 aliphatic rings. The van der Waals surface area contributed by atoms with Crippen LogP contribution in [0.15, 0.2) is 18.2 Å². The zero-order valence-corrected chi connectivity index (χ0v) is 10.0. The predicted octanol–water partition coefficient (Wildman–Crippen LogP) is 2.86. The Balaban J connectivity index is 2.86. The van der Waals surface area contributed by atoms with Gasteiger partial charge in [-0.3, -0.25) is 14.9 Å². The Morgan fingerprint density at radius 2 is 2.05 bits per heavy atom. The number of alkyl halides is 3. The third kappa shape index (κ3) is 4.41. The lowest BCUT2D eigenvalue weighted by atomic mass is 10.2. The van der Waals surface area contributed by atoms with Crippen LogP contribution in [0, 0.1) is 10.1 Å². The average Bonchev–Trinajstić information content (AvgIpc) is 2.33. The minimum Gasteiger partial charge on any atom is -0.487 e. The van der Waals surface area contributed by atoms with Crippen LogP contribution in [0.3, 0.4) is 0 Å². The maximum absolute atomic E-state index is 12.4. The highest BCUT2D eigenvalue weighted by molar-refractivity contribution is 5.66. The highest BCUT2D eigenvalue weighted by Gasteiger charge is 2.33. The molecule has 0 amide bonds. The summed E-state index contributed by atoms with van der Waals surface area (Å²) in [4.78, 5) is 20.0. The van der Waals surface area contributed by atoms with Crippen molar-refractivity contribution >= 4 is 11.7 Å². The molecule has 0 saturated heterocycles. The number of nitro benzene ring substituents is 1. The summed E-state index contributed by atoms with van der Waals surface area (Å²) in [5.41, 5.74) is -1.96. The molecular formula is C11H10F3NO5. The van der Waals surface area contributed by atoms with Gasteiger partial charge in [0.1, 0.15) is 0 Å². The van der Waals surface area contributed by atoms with Crippen LogP contribution in [0.2, 0.25) is 0 Å². The molecule has 1 aromatic rings. The van der Waals surface area contributed by atoms with Gasteiger partial charge in [-0.15, -0.1) is 0 Å². The molecule has 1 N–H and O–H groups in total. The normalized spacial score (nSPS) is 11.2. The summed E-state index contributed by atoms with van der Waals surface area (Å²) >= 11 is 0. The maximum atomic E-state index is 12.4. The van der Waals surface area contributed by atoms with E-state index in [9.17, 15) is 28.1 Å². The Morgan fingerprint density at radius 1 is 1.40 bits per heavy atom. The summed E-state index contributed by atoms with van der Waals surface area (Å²) < 4.78 is 42.2. The Kier molecular flexibility index (Phi) is 4.89. The van der Waals surface area contributed by atoms with Crippen LogP contribution in [0.4, 0.5) is 18.9 Å². The first-order chi connectivity index (χ1) is 9.21. The minimum atomic E-state index is -4.69. The molecule has 0 aliphatic heterocycles. The summed E-state index contributed by atoms with van der Waals surface area (Å²) in [5.74, 6) is -1.39. The van der Waals surface area contributed by atoms with E-state index in [4.69, 9.17) is 9.84 Å². The molecule has 20 heavy (non-hydrogen) atoms. The highest BCUT2D eigenvalue weighted by atomic mass is 19.4. The van der Waals surface area contributed by atoms with E-state index in [0.29, 0.717) is 12.1 Å². The van der Waals surface area contributed by atoms with Gasteiger partial charge in [0.05, 0.1) is 17.1 Å². The molecule has 0 heterocycles. The van der Waals surface area contributed by atoms with Crippen molar-refractivity contribution in [2.24, 2.45) is 0 Å². The van der Waals surface area contributed by atoms with Gasteiger partial charge in [-0.25, -0.2) is 0 Å². The monoisotopic (exact) mass is 293 g/mol. The third-order valence-corrected chi connectivity index (χ3v) is 2.28. The first-order valence-electron chi connectivity index (χ1n) is 5.42. The van der Waals surface area contributed by atoms with E-state index < -0.39 is 28.3 Å². The van der Waals surface area contributed by atoms with E-state index in [0.717, 1.165) is 6.07 Å². The van der Waals surface area contributed by atoms with Crippen LogP contribution in [-0.2, 0) is 11.0 Å². The number of hydrogen-bond donors (Lipinski definition) is 1. The van der Waals surface area contributed by atoms with Crippen molar-refractivity contribution < 1.29 is 32.7 Å². The van der Waals surface area contributed by atoms with Gasteiger partial charge >= 0.3 is 17.8 Å². The molecule has 0 spiro atoms. The summed E-state index contributed by atoms with van der Waals surface area (Å²) in [6, 6.07) is 1.90. The molecule has 0 radical (unpaired) electrons. The molecule has 0 unspecified atom stereocenters. The van der Waals surface area contributed by atoms with Crippen molar-refractivity contribution in [2.45, 2.75) is 19.0 Å². The number of ether oxygens (including phenoxy) is 1. The summed E-state index contributed by atoms with van der Waals surface area (Å²) in [6.07, 6.45) is -4.80. The Morgan fingerprint density at radius 3 is 2.55 bits per heavy atom. The average molecular weight is 293 g/mol. The van der Waals surface area contributed by atoms with Crippen molar-refractivity contribution in [3.63, 3.8) is 0 Å². The molecule has 1 aromatic carbocycles. The van der Waals surface area contributed by atoms with Gasteiger partial charge in [0.15, 0.2) is 5.75 Å². The molecule has 9 heteroatoms. The van der Waals surface area contributed by atoms with Crippen LogP contribution >= 0.6 is 0 Å². The number of rotatable bonds is 6. The lowest BCUT2D eigenvalue weighted by Crippen LogP contribution is -2.07. The second kappa shape index (κ2) is 6.22. The molecule has 6 nitrogen and oxygen atoms in total. The van der Waals surface area contributed by atoms with Gasteiger partial charge in [0.2, 0.25) is 0 Å². The first-order valence-corrected chi connectivity index (χ1v) is 5.42. The van der Waals surface area contributed by atoms with Crippen molar-refractivity contribution in [1.82, 2.24) is 0 Å². The maximum Gasteiger partial charge on any atom is 0.416 e. The van der Waals surface area contributed by atoms with E-state index in [1.165, 1.54) is 0 Å². The molecule has 0 aromatic heterocycles. The number of nitro groups is 1. The van der Waals surface area contributed by atoms with Crippen molar-refractivity contribution in [3.05, 3.63) is 33.9 Å². The van der Waals surface area contributed by atoms with Crippen LogP contribution < -0.4 is 4.74 Å². The Hall–Kier alpha value is -2.32. The lowest BCUT2D eigenvalue weighted by molar-refractivity contribution is -0.386. The van der Waals surface area contributed by atoms with Crippen LogP contribution in [0.1, 0.15) is 18.4 Å². The zero-order chi connectivity index (χ0) is 15.3. The van der Waals surface area contributed by atoms with Gasteiger partial charge in [0, 0.05) is 12.5 Å². The van der Waals surface area contributed by atoms with Gasteiger partial charge in [-0.05, 0) is 18.6 Å². The molecule has 0 saturated carbocycles. The van der Waals surface area contributed by atoms with Gasteiger partial charge in [0.25, 0.3) is 0 Å².